The topological polar surface area (TPSA) is 18.5 Å². The first-order valence-corrected chi connectivity index (χ1v) is 6.99. The summed E-state index contributed by atoms with van der Waals surface area (Å²) in [5.74, 6) is 0. The normalized spacial score (nSPS) is 14.5. The Hall–Kier alpha value is -0.760. The maximum Gasteiger partial charge on any atom is 0.411 e. The molecule has 0 saturated heterocycles. The van der Waals surface area contributed by atoms with Gasteiger partial charge in [0, 0.05) is 0 Å². The van der Waals surface area contributed by atoms with Crippen molar-refractivity contribution in [1.82, 2.24) is 0 Å². The molecule has 0 aromatic carbocycles. The minimum atomic E-state index is -4.63. The molecule has 0 bridgehead atoms. The fourth-order valence-corrected chi connectivity index (χ4v) is 1.68. The van der Waals surface area contributed by atoms with E-state index in [2.05, 4.69) is 9.47 Å². The minimum Gasteiger partial charge on any atom is -0.339 e. The molecule has 2 nitrogen and oxygen atoms in total. The van der Waals surface area contributed by atoms with Crippen LogP contribution in [-0.2, 0) is 9.47 Å². The van der Waals surface area contributed by atoms with E-state index in [-0.39, 0.29) is 5.57 Å². The molecule has 0 N–H and O–H groups in total. The molecule has 0 fully saturated rings. The van der Waals surface area contributed by atoms with E-state index in [1.54, 1.807) is 6.92 Å². The van der Waals surface area contributed by atoms with Crippen LogP contribution in [0.15, 0.2) is 11.1 Å². The quantitative estimate of drug-likeness (QED) is 0.243. The summed E-state index contributed by atoms with van der Waals surface area (Å²) in [6.45, 7) is 1.77. The molecule has 0 saturated carbocycles. The third kappa shape index (κ3) is 10.9. The molecule has 0 spiro atoms. The van der Waals surface area contributed by atoms with E-state index < -0.39 is 31.9 Å². The van der Waals surface area contributed by atoms with Gasteiger partial charge in [0.25, 0.3) is 0 Å². The summed E-state index contributed by atoms with van der Waals surface area (Å²) >= 11 is 0. The largest absolute Gasteiger partial charge is 0.411 e. The number of hydrogen-bond acceptors (Lipinski definition) is 2. The summed E-state index contributed by atoms with van der Waals surface area (Å²) in [5, 5.41) is 0. The Morgan fingerprint density at radius 2 is 1.32 bits per heavy atom. The number of unbranched alkanes of at least 4 members (excludes halogenated alkanes) is 2. The molecule has 22 heavy (non-hydrogen) atoms. The molecule has 0 heterocycles. The van der Waals surface area contributed by atoms with E-state index in [1.807, 2.05) is 6.92 Å². The second-order valence-electron chi connectivity index (χ2n) is 5.10. The van der Waals surface area contributed by atoms with Crippen LogP contribution in [0.3, 0.4) is 0 Å². The van der Waals surface area contributed by atoms with Gasteiger partial charge in [0.2, 0.25) is 0 Å². The lowest BCUT2D eigenvalue weighted by atomic mass is 10.0. The van der Waals surface area contributed by atoms with Crippen LogP contribution in [0.25, 0.3) is 0 Å². The highest BCUT2D eigenvalue weighted by Gasteiger charge is 2.33. The minimum absolute atomic E-state index is 0.254. The second-order valence-corrected chi connectivity index (χ2v) is 5.10. The molecule has 0 atom stereocenters. The summed E-state index contributed by atoms with van der Waals surface area (Å²) in [6.07, 6.45) is -7.62. The maximum atomic E-state index is 12.2. The predicted octanol–water partition coefficient (Wildman–Crippen LogP) is 5.39. The molecular weight excluding hydrogens is 314 g/mol. The Morgan fingerprint density at radius 1 is 0.864 bits per heavy atom. The zero-order valence-electron chi connectivity index (χ0n) is 12.9. The summed E-state index contributed by atoms with van der Waals surface area (Å²) in [7, 11) is 0. The van der Waals surface area contributed by atoms with Crippen LogP contribution < -0.4 is 0 Å². The molecular formula is C14H22F6O2. The average molecular weight is 336 g/mol. The van der Waals surface area contributed by atoms with Gasteiger partial charge in [-0.2, -0.15) is 26.3 Å². The van der Waals surface area contributed by atoms with Gasteiger partial charge in [0.1, 0.15) is 13.2 Å². The second kappa shape index (κ2) is 9.39. The summed E-state index contributed by atoms with van der Waals surface area (Å²) in [5.41, 5.74) is 0.937. The average Bonchev–Trinajstić information content (AvgIpc) is 2.35. The van der Waals surface area contributed by atoms with Gasteiger partial charge in [-0.3, -0.25) is 0 Å². The highest BCUT2D eigenvalue weighted by molar-refractivity contribution is 5.12. The summed E-state index contributed by atoms with van der Waals surface area (Å²) < 4.78 is 82.1. The molecule has 0 aliphatic carbocycles. The van der Waals surface area contributed by atoms with Crippen molar-refractivity contribution in [3.63, 3.8) is 0 Å². The molecule has 0 aromatic heterocycles. The van der Waals surface area contributed by atoms with E-state index in [9.17, 15) is 26.3 Å². The predicted molar refractivity (Wildman–Crippen MR) is 70.3 cm³/mol. The molecule has 0 amide bonds. The van der Waals surface area contributed by atoms with E-state index in [0.29, 0.717) is 12.0 Å². The highest BCUT2D eigenvalue weighted by atomic mass is 19.4. The third-order valence-electron chi connectivity index (χ3n) is 2.98. The van der Waals surface area contributed by atoms with Gasteiger partial charge >= 0.3 is 12.4 Å². The molecule has 0 aliphatic rings. The maximum absolute atomic E-state index is 12.2. The van der Waals surface area contributed by atoms with Crippen molar-refractivity contribution in [2.45, 2.75) is 65.1 Å². The Labute approximate surface area is 126 Å². The van der Waals surface area contributed by atoms with Crippen LogP contribution >= 0.6 is 0 Å². The van der Waals surface area contributed by atoms with E-state index in [4.69, 9.17) is 0 Å². The first kappa shape index (κ1) is 21.2. The first-order chi connectivity index (χ1) is 9.96. The zero-order valence-corrected chi connectivity index (χ0v) is 12.9. The van der Waals surface area contributed by atoms with Crippen LogP contribution in [0.1, 0.15) is 46.5 Å². The van der Waals surface area contributed by atoms with Crippen molar-refractivity contribution < 1.29 is 35.8 Å². The van der Waals surface area contributed by atoms with Gasteiger partial charge in [-0.1, -0.05) is 25.3 Å². The smallest absolute Gasteiger partial charge is 0.339 e. The first-order valence-electron chi connectivity index (χ1n) is 6.99. The van der Waals surface area contributed by atoms with E-state index in [1.165, 1.54) is 6.92 Å². The summed E-state index contributed by atoms with van der Waals surface area (Å²) in [6, 6.07) is 0. The van der Waals surface area contributed by atoms with Crippen LogP contribution in [-0.4, -0.2) is 31.9 Å². The Kier molecular flexibility index (Phi) is 9.07. The van der Waals surface area contributed by atoms with Crippen LogP contribution in [0.4, 0.5) is 26.3 Å². The van der Waals surface area contributed by atoms with Gasteiger partial charge in [-0.05, 0) is 32.3 Å². The van der Waals surface area contributed by atoms with Gasteiger partial charge in [-0.15, -0.1) is 0 Å². The molecule has 8 heteroatoms. The molecule has 0 aromatic rings. The van der Waals surface area contributed by atoms with E-state index >= 15 is 0 Å². The number of halogens is 6. The Morgan fingerprint density at radius 3 is 1.68 bits per heavy atom. The molecule has 132 valence electrons. The fourth-order valence-electron chi connectivity index (χ4n) is 1.68. The number of hydrogen-bond donors (Lipinski definition) is 0. The monoisotopic (exact) mass is 336 g/mol. The van der Waals surface area contributed by atoms with Crippen molar-refractivity contribution in [2.75, 3.05) is 13.2 Å². The lowest BCUT2D eigenvalue weighted by Gasteiger charge is -2.23. The third-order valence-corrected chi connectivity index (χ3v) is 2.98. The van der Waals surface area contributed by atoms with Gasteiger partial charge < -0.3 is 9.47 Å². The number of ether oxygens (including phenoxy) is 2. The number of rotatable bonds is 9. The van der Waals surface area contributed by atoms with Crippen LogP contribution in [0.5, 0.6) is 0 Å². The van der Waals surface area contributed by atoms with Crippen molar-refractivity contribution in [3.05, 3.63) is 11.1 Å². The van der Waals surface area contributed by atoms with Gasteiger partial charge in [0.15, 0.2) is 6.29 Å². The SMILES string of the molecule is CCCCCC(C)=C(C)C(OCC(F)(F)F)OCC(F)(F)F. The molecule has 0 rings (SSSR count). The molecule has 0 unspecified atom stereocenters. The zero-order chi connectivity index (χ0) is 17.4. The van der Waals surface area contributed by atoms with E-state index in [0.717, 1.165) is 19.3 Å². The fraction of sp³-hybridized carbons (Fsp3) is 0.857. The van der Waals surface area contributed by atoms with Crippen molar-refractivity contribution in [2.24, 2.45) is 0 Å². The number of alkyl halides is 6. The van der Waals surface area contributed by atoms with Gasteiger partial charge in [0.05, 0.1) is 0 Å². The van der Waals surface area contributed by atoms with Crippen LogP contribution in [0.2, 0.25) is 0 Å². The Balaban J connectivity index is 4.82. The standard InChI is InChI=1S/C14H22F6O2/c1-4-5-6-7-10(2)11(3)12(21-8-13(15,16)17)22-9-14(18,19)20/h12H,4-9H2,1-3H3. The number of allylic oxidation sites excluding steroid dienone is 1. The van der Waals surface area contributed by atoms with Crippen LogP contribution in [0, 0.1) is 0 Å². The lowest BCUT2D eigenvalue weighted by Crippen LogP contribution is -2.30. The Bertz CT molecular complexity index is 328. The van der Waals surface area contributed by atoms with Gasteiger partial charge in [-0.25, -0.2) is 0 Å². The van der Waals surface area contributed by atoms with Crippen molar-refractivity contribution >= 4 is 0 Å². The molecule has 0 aliphatic heterocycles. The van der Waals surface area contributed by atoms with Crippen molar-refractivity contribution in [1.29, 1.82) is 0 Å². The molecule has 0 radical (unpaired) electrons. The summed E-state index contributed by atoms with van der Waals surface area (Å²) in [4.78, 5) is 0. The van der Waals surface area contributed by atoms with Crippen molar-refractivity contribution in [3.8, 4) is 0 Å². The highest BCUT2D eigenvalue weighted by Crippen LogP contribution is 2.24. The lowest BCUT2D eigenvalue weighted by molar-refractivity contribution is -0.248.